The molecule has 0 bridgehead atoms. The van der Waals surface area contributed by atoms with Crippen LogP contribution >= 0.6 is 0 Å². The molecular weight excluding hydrogens is 490 g/mol. The van der Waals surface area contributed by atoms with Crippen LogP contribution in [0.15, 0.2) is 12.2 Å². The summed E-state index contributed by atoms with van der Waals surface area (Å²) in [5.41, 5.74) is 0. The van der Waals surface area contributed by atoms with Crippen LogP contribution in [0.3, 0.4) is 0 Å². The zero-order chi connectivity index (χ0) is 28.8. The average Bonchev–Trinajstić information content (AvgIpc) is 2.91. The minimum atomic E-state index is -1.03. The summed E-state index contributed by atoms with van der Waals surface area (Å²) in [5, 5.41) is 11.0. The Morgan fingerprint density at radius 3 is 1.67 bits per heavy atom. The molecule has 1 amide bonds. The highest BCUT2D eigenvalue weighted by atomic mass is 16.5. The fourth-order valence-electron chi connectivity index (χ4n) is 4.74. The maximum Gasteiger partial charge on any atom is 0.322 e. The van der Waals surface area contributed by atoms with E-state index in [-0.39, 0.29) is 24.5 Å². The second-order valence-electron chi connectivity index (χ2n) is 11.1. The third kappa shape index (κ3) is 29.0. The number of ether oxygens (including phenoxy) is 1. The Labute approximate surface area is 240 Å². The fraction of sp³-hybridized carbons (Fsp3) is 0.848. The molecule has 0 radical (unpaired) electrons. The second kappa shape index (κ2) is 29.1. The summed E-state index contributed by atoms with van der Waals surface area (Å²) in [4.78, 5) is 34.6. The second-order valence-corrected chi connectivity index (χ2v) is 11.1. The molecule has 0 saturated heterocycles. The number of hydrogen-bond acceptors (Lipinski definition) is 4. The van der Waals surface area contributed by atoms with Gasteiger partial charge in [-0.2, -0.15) is 0 Å². The number of carboxylic acids is 1. The van der Waals surface area contributed by atoms with Crippen LogP contribution in [-0.4, -0.2) is 35.6 Å². The Hall–Kier alpha value is -1.85. The van der Waals surface area contributed by atoms with E-state index in [0.29, 0.717) is 12.8 Å². The first-order chi connectivity index (χ1) is 19.0. The van der Waals surface area contributed by atoms with Gasteiger partial charge in [-0.1, -0.05) is 103 Å². The number of aliphatic carboxylic acids is 1. The van der Waals surface area contributed by atoms with E-state index < -0.39 is 5.97 Å². The summed E-state index contributed by atoms with van der Waals surface area (Å²) < 4.78 is 5.85. The quantitative estimate of drug-likeness (QED) is 0.0549. The topological polar surface area (TPSA) is 92.7 Å². The van der Waals surface area contributed by atoms with Crippen LogP contribution in [0.4, 0.5) is 0 Å². The van der Waals surface area contributed by atoms with Crippen molar-refractivity contribution in [1.29, 1.82) is 0 Å². The van der Waals surface area contributed by atoms with Gasteiger partial charge in [-0.05, 0) is 64.2 Å². The standard InChI is InChI=1S/C33H61NO5/c1-3-5-7-9-10-11-12-13-14-15-16-17-18-19-24-28-33(38)39-30(25-21-8-6-4-2)26-22-20-23-27-31(35)34-29-32(36)37/h13-14,30H,3-12,15-29H2,1-2H3,(H,34,35)(H,36,37)/b14-13-. The van der Waals surface area contributed by atoms with Crippen molar-refractivity contribution in [2.24, 2.45) is 0 Å². The fourth-order valence-corrected chi connectivity index (χ4v) is 4.74. The minimum absolute atomic E-state index is 0.0293. The van der Waals surface area contributed by atoms with Crippen LogP contribution in [-0.2, 0) is 19.1 Å². The van der Waals surface area contributed by atoms with Crippen molar-refractivity contribution in [3.8, 4) is 0 Å². The highest BCUT2D eigenvalue weighted by Gasteiger charge is 2.14. The van der Waals surface area contributed by atoms with Gasteiger partial charge in [0.1, 0.15) is 12.6 Å². The van der Waals surface area contributed by atoms with Crippen LogP contribution in [0.2, 0.25) is 0 Å². The molecule has 1 unspecified atom stereocenters. The Morgan fingerprint density at radius 2 is 1.10 bits per heavy atom. The van der Waals surface area contributed by atoms with E-state index in [1.165, 1.54) is 89.9 Å². The Kier molecular flexibility index (Phi) is 27.8. The van der Waals surface area contributed by atoms with Crippen molar-refractivity contribution in [2.45, 2.75) is 174 Å². The summed E-state index contributed by atoms with van der Waals surface area (Å²) >= 11 is 0. The SMILES string of the molecule is CCCCCCCC/C=C\CCCCCCCC(=O)OC(CCCCCC)CCCCCC(=O)NCC(=O)O. The average molecular weight is 552 g/mol. The molecule has 1 atom stereocenters. The summed E-state index contributed by atoms with van der Waals surface area (Å²) in [7, 11) is 0. The number of carbonyl (C=O) groups is 3. The lowest BCUT2D eigenvalue weighted by Crippen LogP contribution is -2.28. The molecule has 0 aromatic carbocycles. The predicted molar refractivity (Wildman–Crippen MR) is 162 cm³/mol. The molecule has 6 nitrogen and oxygen atoms in total. The van der Waals surface area contributed by atoms with E-state index in [0.717, 1.165) is 51.4 Å². The van der Waals surface area contributed by atoms with E-state index in [2.05, 4.69) is 31.3 Å². The van der Waals surface area contributed by atoms with Crippen molar-refractivity contribution < 1.29 is 24.2 Å². The van der Waals surface area contributed by atoms with Crippen LogP contribution in [0.1, 0.15) is 168 Å². The van der Waals surface area contributed by atoms with Crippen molar-refractivity contribution in [3.63, 3.8) is 0 Å². The van der Waals surface area contributed by atoms with Gasteiger partial charge in [0.2, 0.25) is 5.91 Å². The smallest absolute Gasteiger partial charge is 0.322 e. The number of nitrogens with one attached hydrogen (secondary N) is 1. The molecule has 0 aliphatic heterocycles. The van der Waals surface area contributed by atoms with Crippen molar-refractivity contribution in [3.05, 3.63) is 12.2 Å². The van der Waals surface area contributed by atoms with Crippen LogP contribution in [0.5, 0.6) is 0 Å². The highest BCUT2D eigenvalue weighted by Crippen LogP contribution is 2.17. The molecule has 0 fully saturated rings. The molecule has 0 aromatic rings. The van der Waals surface area contributed by atoms with Gasteiger partial charge in [-0.15, -0.1) is 0 Å². The van der Waals surface area contributed by atoms with Gasteiger partial charge < -0.3 is 15.2 Å². The van der Waals surface area contributed by atoms with Crippen LogP contribution < -0.4 is 5.32 Å². The minimum Gasteiger partial charge on any atom is -0.480 e. The van der Waals surface area contributed by atoms with Crippen LogP contribution in [0.25, 0.3) is 0 Å². The Morgan fingerprint density at radius 1 is 0.641 bits per heavy atom. The summed E-state index contributed by atoms with van der Waals surface area (Å²) in [6.07, 6.45) is 30.6. The molecular formula is C33H61NO5. The molecule has 0 saturated carbocycles. The molecule has 0 aliphatic carbocycles. The van der Waals surface area contributed by atoms with E-state index >= 15 is 0 Å². The van der Waals surface area contributed by atoms with Gasteiger partial charge in [-0.3, -0.25) is 14.4 Å². The van der Waals surface area contributed by atoms with Crippen molar-refractivity contribution in [1.82, 2.24) is 5.32 Å². The Bertz CT molecular complexity index is 619. The molecule has 2 N–H and O–H groups in total. The highest BCUT2D eigenvalue weighted by molar-refractivity contribution is 5.80. The van der Waals surface area contributed by atoms with Gasteiger partial charge in [-0.25, -0.2) is 0 Å². The molecule has 0 spiro atoms. The maximum atomic E-state index is 12.4. The van der Waals surface area contributed by atoms with E-state index in [1.54, 1.807) is 0 Å². The molecule has 6 heteroatoms. The monoisotopic (exact) mass is 551 g/mol. The van der Waals surface area contributed by atoms with E-state index in [9.17, 15) is 14.4 Å². The summed E-state index contributed by atoms with van der Waals surface area (Å²) in [5.74, 6) is -1.32. The van der Waals surface area contributed by atoms with E-state index in [4.69, 9.17) is 9.84 Å². The predicted octanol–water partition coefficient (Wildman–Crippen LogP) is 9.06. The van der Waals surface area contributed by atoms with Crippen molar-refractivity contribution in [2.75, 3.05) is 6.54 Å². The van der Waals surface area contributed by atoms with E-state index in [1.807, 2.05) is 0 Å². The summed E-state index contributed by atoms with van der Waals surface area (Å²) in [6.45, 7) is 4.13. The molecule has 0 rings (SSSR count). The lowest BCUT2D eigenvalue weighted by atomic mass is 10.0. The zero-order valence-corrected chi connectivity index (χ0v) is 25.5. The molecule has 0 aromatic heterocycles. The van der Waals surface area contributed by atoms with Gasteiger partial charge in [0, 0.05) is 12.8 Å². The lowest BCUT2D eigenvalue weighted by molar-refractivity contribution is -0.150. The Balaban J connectivity index is 3.91. The lowest BCUT2D eigenvalue weighted by Gasteiger charge is -2.18. The first-order valence-corrected chi connectivity index (χ1v) is 16.3. The van der Waals surface area contributed by atoms with Gasteiger partial charge in [0.15, 0.2) is 0 Å². The number of hydrogen-bond donors (Lipinski definition) is 2. The number of amides is 1. The first kappa shape index (κ1) is 37.1. The largest absolute Gasteiger partial charge is 0.480 e. The summed E-state index contributed by atoms with van der Waals surface area (Å²) in [6, 6.07) is 0. The van der Waals surface area contributed by atoms with Crippen LogP contribution in [0, 0.1) is 0 Å². The number of esters is 1. The van der Waals surface area contributed by atoms with Crippen molar-refractivity contribution >= 4 is 17.8 Å². The number of carbonyl (C=O) groups excluding carboxylic acids is 2. The number of unbranched alkanes of at least 4 members (excludes halogenated alkanes) is 16. The third-order valence-corrected chi connectivity index (χ3v) is 7.19. The zero-order valence-electron chi connectivity index (χ0n) is 25.5. The molecule has 0 aliphatic rings. The number of rotatable bonds is 29. The third-order valence-electron chi connectivity index (χ3n) is 7.19. The van der Waals surface area contributed by atoms with Gasteiger partial charge >= 0.3 is 11.9 Å². The van der Waals surface area contributed by atoms with Gasteiger partial charge in [0.25, 0.3) is 0 Å². The molecule has 39 heavy (non-hydrogen) atoms. The van der Waals surface area contributed by atoms with Gasteiger partial charge in [0.05, 0.1) is 0 Å². The first-order valence-electron chi connectivity index (χ1n) is 16.3. The number of carboxylic acid groups (broad SMARTS) is 1. The normalized spacial score (nSPS) is 12.1. The maximum absolute atomic E-state index is 12.4. The number of allylic oxidation sites excluding steroid dienone is 2. The molecule has 0 heterocycles. The molecule has 228 valence electrons.